The van der Waals surface area contributed by atoms with Gasteiger partial charge in [0.15, 0.2) is 0 Å². The maximum absolute atomic E-state index is 12.8. The fourth-order valence-corrected chi connectivity index (χ4v) is 5.31. The SMILES string of the molecule is C#CCOC[C@H](O)CN(Cc1nc2sc(C(=O)OCC)c(C)c2c(=O)[nH]1)C1CCCCC1. The minimum absolute atomic E-state index is 0.156. The van der Waals surface area contributed by atoms with Crippen molar-refractivity contribution in [1.82, 2.24) is 14.9 Å². The molecule has 174 valence electrons. The number of aryl methyl sites for hydroxylation is 1. The van der Waals surface area contributed by atoms with E-state index < -0.39 is 12.1 Å². The number of terminal acetylenes is 1. The van der Waals surface area contributed by atoms with Gasteiger partial charge in [-0.15, -0.1) is 17.8 Å². The molecule has 1 aliphatic carbocycles. The van der Waals surface area contributed by atoms with Crippen LogP contribution in [0.1, 0.15) is 60.1 Å². The molecule has 9 heteroatoms. The number of aromatic amines is 1. The summed E-state index contributed by atoms with van der Waals surface area (Å²) < 4.78 is 10.4. The summed E-state index contributed by atoms with van der Waals surface area (Å²) >= 11 is 1.18. The number of aromatic nitrogens is 2. The van der Waals surface area contributed by atoms with Crippen LogP contribution in [0.15, 0.2) is 4.79 Å². The van der Waals surface area contributed by atoms with Crippen LogP contribution < -0.4 is 5.56 Å². The van der Waals surface area contributed by atoms with Crippen LogP contribution in [0.25, 0.3) is 10.2 Å². The fourth-order valence-electron chi connectivity index (χ4n) is 4.21. The summed E-state index contributed by atoms with van der Waals surface area (Å²) in [5.74, 6) is 2.47. The third kappa shape index (κ3) is 5.95. The van der Waals surface area contributed by atoms with Gasteiger partial charge in [-0.1, -0.05) is 25.2 Å². The number of H-pyrrole nitrogens is 1. The molecule has 1 atom stereocenters. The summed E-state index contributed by atoms with van der Waals surface area (Å²) in [6.07, 6.45) is 10.1. The van der Waals surface area contributed by atoms with Crippen LogP contribution in [0.2, 0.25) is 0 Å². The number of aliphatic hydroxyl groups excluding tert-OH is 1. The van der Waals surface area contributed by atoms with Crippen molar-refractivity contribution in [2.24, 2.45) is 0 Å². The number of aliphatic hydroxyl groups is 1. The average Bonchev–Trinajstić information content (AvgIpc) is 3.11. The third-order valence-corrected chi connectivity index (χ3v) is 6.86. The van der Waals surface area contributed by atoms with E-state index in [1.165, 1.54) is 17.8 Å². The van der Waals surface area contributed by atoms with Crippen molar-refractivity contribution in [3.8, 4) is 12.3 Å². The predicted octanol–water partition coefficient (Wildman–Crippen LogP) is 2.62. The van der Waals surface area contributed by atoms with Gasteiger partial charge in [0.1, 0.15) is 22.1 Å². The highest BCUT2D eigenvalue weighted by molar-refractivity contribution is 7.20. The molecule has 0 saturated heterocycles. The molecule has 1 fully saturated rings. The van der Waals surface area contributed by atoms with Crippen LogP contribution >= 0.6 is 11.3 Å². The lowest BCUT2D eigenvalue weighted by Gasteiger charge is -2.35. The van der Waals surface area contributed by atoms with E-state index in [0.29, 0.717) is 45.6 Å². The second-order valence-electron chi connectivity index (χ2n) is 8.06. The lowest BCUT2D eigenvalue weighted by atomic mass is 9.94. The molecule has 0 bridgehead atoms. The zero-order valence-corrected chi connectivity index (χ0v) is 19.5. The number of nitrogens with zero attached hydrogens (tertiary/aromatic N) is 2. The summed E-state index contributed by atoms with van der Waals surface area (Å²) in [7, 11) is 0. The van der Waals surface area contributed by atoms with Gasteiger partial charge in [0.05, 0.1) is 31.2 Å². The molecule has 1 saturated carbocycles. The highest BCUT2D eigenvalue weighted by atomic mass is 32.1. The van der Waals surface area contributed by atoms with Crippen LogP contribution in [-0.4, -0.2) is 64.5 Å². The van der Waals surface area contributed by atoms with E-state index in [2.05, 4.69) is 20.8 Å². The Morgan fingerprint density at radius 3 is 2.84 bits per heavy atom. The van der Waals surface area contributed by atoms with E-state index in [9.17, 15) is 14.7 Å². The predicted molar refractivity (Wildman–Crippen MR) is 124 cm³/mol. The Hall–Kier alpha value is -2.25. The Morgan fingerprint density at radius 1 is 1.41 bits per heavy atom. The number of carbonyl (C=O) groups excluding carboxylic acids is 1. The van der Waals surface area contributed by atoms with Gasteiger partial charge in [0, 0.05) is 12.6 Å². The van der Waals surface area contributed by atoms with E-state index in [0.717, 1.165) is 25.7 Å². The Balaban J connectivity index is 1.84. The first kappa shape index (κ1) is 24.4. The molecule has 8 nitrogen and oxygen atoms in total. The molecule has 32 heavy (non-hydrogen) atoms. The highest BCUT2D eigenvalue weighted by Gasteiger charge is 2.25. The van der Waals surface area contributed by atoms with Gasteiger partial charge in [-0.3, -0.25) is 9.69 Å². The Kier molecular flexibility index (Phi) is 8.82. The number of rotatable bonds is 10. The minimum Gasteiger partial charge on any atom is -0.462 e. The molecule has 0 aliphatic heterocycles. The molecule has 2 heterocycles. The van der Waals surface area contributed by atoms with Crippen LogP contribution in [-0.2, 0) is 16.0 Å². The van der Waals surface area contributed by atoms with Crippen molar-refractivity contribution in [3.05, 3.63) is 26.6 Å². The molecule has 2 aromatic rings. The van der Waals surface area contributed by atoms with E-state index in [4.69, 9.17) is 15.9 Å². The number of thiophene rings is 1. The Labute approximate surface area is 191 Å². The van der Waals surface area contributed by atoms with Crippen molar-refractivity contribution in [3.63, 3.8) is 0 Å². The number of hydrogen-bond donors (Lipinski definition) is 2. The van der Waals surface area contributed by atoms with Crippen molar-refractivity contribution < 1.29 is 19.4 Å². The summed E-state index contributed by atoms with van der Waals surface area (Å²) in [5.41, 5.74) is 0.324. The number of esters is 1. The Morgan fingerprint density at radius 2 is 2.16 bits per heavy atom. The largest absolute Gasteiger partial charge is 0.462 e. The van der Waals surface area contributed by atoms with Crippen LogP contribution in [0.5, 0.6) is 0 Å². The number of hydrogen-bond acceptors (Lipinski definition) is 8. The summed E-state index contributed by atoms with van der Waals surface area (Å²) in [4.78, 5) is 35.7. The number of fused-ring (bicyclic) bond motifs is 1. The lowest BCUT2D eigenvalue weighted by molar-refractivity contribution is 0.00995. The molecule has 1 aliphatic rings. The highest BCUT2D eigenvalue weighted by Crippen LogP contribution is 2.28. The van der Waals surface area contributed by atoms with Crippen LogP contribution in [0, 0.1) is 19.3 Å². The Bertz CT molecular complexity index is 1020. The molecule has 2 N–H and O–H groups in total. The van der Waals surface area contributed by atoms with Crippen molar-refractivity contribution in [1.29, 1.82) is 0 Å². The molecule has 0 radical (unpaired) electrons. The van der Waals surface area contributed by atoms with Gasteiger partial charge < -0.3 is 19.6 Å². The van der Waals surface area contributed by atoms with E-state index in [1.54, 1.807) is 13.8 Å². The third-order valence-electron chi connectivity index (χ3n) is 5.70. The second kappa shape index (κ2) is 11.6. The number of ether oxygens (including phenoxy) is 2. The summed E-state index contributed by atoms with van der Waals surface area (Å²) in [6.45, 7) is 4.86. The van der Waals surface area contributed by atoms with Gasteiger partial charge in [-0.25, -0.2) is 9.78 Å². The van der Waals surface area contributed by atoms with Gasteiger partial charge >= 0.3 is 5.97 Å². The van der Waals surface area contributed by atoms with E-state index >= 15 is 0 Å². The smallest absolute Gasteiger partial charge is 0.348 e. The van der Waals surface area contributed by atoms with Crippen molar-refractivity contribution in [2.75, 3.05) is 26.4 Å². The molecular formula is C23H31N3O5S. The zero-order valence-electron chi connectivity index (χ0n) is 18.7. The van der Waals surface area contributed by atoms with E-state index in [-0.39, 0.29) is 25.4 Å². The van der Waals surface area contributed by atoms with Crippen LogP contribution in [0.4, 0.5) is 0 Å². The maximum Gasteiger partial charge on any atom is 0.348 e. The molecule has 0 spiro atoms. The topological polar surface area (TPSA) is 105 Å². The van der Waals surface area contributed by atoms with Gasteiger partial charge in [-0.05, 0) is 32.3 Å². The van der Waals surface area contributed by atoms with E-state index in [1.807, 2.05) is 0 Å². The first-order valence-electron chi connectivity index (χ1n) is 11.1. The molecule has 0 amide bonds. The number of carbonyl (C=O) groups is 1. The standard InChI is InChI=1S/C23H31N3O5S/c1-4-11-30-14-17(27)12-26(16-9-7-6-8-10-16)13-18-24-21(28)19-15(3)20(23(29)31-5-2)32-22(19)25-18/h1,16-17,27H,5-14H2,2-3H3,(H,24,25,28)/t17-/m1/s1. The molecule has 0 unspecified atom stereocenters. The van der Waals surface area contributed by atoms with Gasteiger partial charge in [-0.2, -0.15) is 0 Å². The first-order chi connectivity index (χ1) is 15.4. The quantitative estimate of drug-likeness (QED) is 0.318. The summed E-state index contributed by atoms with van der Waals surface area (Å²) in [6, 6.07) is 0.298. The van der Waals surface area contributed by atoms with Crippen molar-refractivity contribution >= 4 is 27.5 Å². The fraction of sp³-hybridized carbons (Fsp3) is 0.609. The first-order valence-corrected chi connectivity index (χ1v) is 11.9. The minimum atomic E-state index is -0.694. The van der Waals surface area contributed by atoms with Gasteiger partial charge in [0.25, 0.3) is 5.56 Å². The van der Waals surface area contributed by atoms with Gasteiger partial charge in [0.2, 0.25) is 0 Å². The molecule has 0 aromatic carbocycles. The molecule has 3 rings (SSSR count). The maximum atomic E-state index is 12.8. The van der Waals surface area contributed by atoms with Crippen molar-refractivity contribution in [2.45, 2.75) is 64.6 Å². The lowest BCUT2D eigenvalue weighted by Crippen LogP contribution is -2.43. The number of nitrogens with one attached hydrogen (secondary N) is 1. The molecular weight excluding hydrogens is 430 g/mol. The van der Waals surface area contributed by atoms with Crippen LogP contribution in [0.3, 0.4) is 0 Å². The summed E-state index contributed by atoms with van der Waals surface area (Å²) in [5, 5.41) is 10.9. The second-order valence-corrected chi connectivity index (χ2v) is 9.06. The monoisotopic (exact) mass is 461 g/mol. The average molecular weight is 462 g/mol. The molecule has 2 aromatic heterocycles. The normalized spacial score (nSPS) is 15.7. The zero-order chi connectivity index (χ0) is 23.1.